The van der Waals surface area contributed by atoms with Crippen LogP contribution in [0.1, 0.15) is 34.2 Å². The number of rotatable bonds is 8. The molecule has 0 unspecified atom stereocenters. The molecule has 6 heteroatoms. The van der Waals surface area contributed by atoms with Gasteiger partial charge in [0.2, 0.25) is 0 Å². The van der Waals surface area contributed by atoms with E-state index < -0.39 is 0 Å². The molecule has 0 aliphatic carbocycles. The van der Waals surface area contributed by atoms with E-state index in [-0.39, 0.29) is 5.97 Å². The van der Waals surface area contributed by atoms with E-state index in [4.69, 9.17) is 14.2 Å². The molecule has 0 aliphatic rings. The average molecular weight is 366 g/mol. The lowest BCUT2D eigenvalue weighted by molar-refractivity contribution is 0.0526. The average Bonchev–Trinajstić information content (AvgIpc) is 3.15. The molecule has 0 amide bonds. The lowest BCUT2D eigenvalue weighted by Gasteiger charge is -2.05. The molecule has 0 fully saturated rings. The van der Waals surface area contributed by atoms with Gasteiger partial charge in [-0.15, -0.1) is 0 Å². The Kier molecular flexibility index (Phi) is 6.10. The number of nitrogens with zero attached hydrogens (tertiary/aromatic N) is 1. The summed E-state index contributed by atoms with van der Waals surface area (Å²) in [6.07, 6.45) is 0.669. The quantitative estimate of drug-likeness (QED) is 0.615. The van der Waals surface area contributed by atoms with Crippen molar-refractivity contribution in [2.45, 2.75) is 20.0 Å². The maximum Gasteiger partial charge on any atom is 0.338 e. The van der Waals surface area contributed by atoms with Gasteiger partial charge >= 0.3 is 5.97 Å². The van der Waals surface area contributed by atoms with Crippen molar-refractivity contribution in [3.8, 4) is 11.5 Å². The third-order valence-electron chi connectivity index (χ3n) is 3.99. The number of hydrogen-bond acceptors (Lipinski definition) is 5. The Morgan fingerprint density at radius 3 is 2.41 bits per heavy atom. The van der Waals surface area contributed by atoms with Crippen molar-refractivity contribution in [3.63, 3.8) is 0 Å². The largest absolute Gasteiger partial charge is 0.497 e. The van der Waals surface area contributed by atoms with Gasteiger partial charge in [0.05, 0.1) is 30.7 Å². The van der Waals surface area contributed by atoms with Crippen LogP contribution < -0.4 is 9.47 Å². The van der Waals surface area contributed by atoms with Gasteiger partial charge in [0, 0.05) is 6.42 Å². The Balaban J connectivity index is 1.55. The predicted molar refractivity (Wildman–Crippen MR) is 101 cm³/mol. The highest BCUT2D eigenvalue weighted by molar-refractivity contribution is 5.89. The van der Waals surface area contributed by atoms with E-state index >= 15 is 0 Å². The molecule has 6 nitrogen and oxygen atoms in total. The summed E-state index contributed by atoms with van der Waals surface area (Å²) < 4.78 is 15.9. The van der Waals surface area contributed by atoms with Crippen molar-refractivity contribution >= 4 is 5.97 Å². The normalized spacial score (nSPS) is 10.4. The van der Waals surface area contributed by atoms with Crippen LogP contribution in [0.5, 0.6) is 11.5 Å². The molecule has 27 heavy (non-hydrogen) atoms. The zero-order valence-electron chi connectivity index (χ0n) is 15.4. The number of H-pyrrole nitrogens is 1. The molecule has 3 rings (SSSR count). The molecule has 0 radical (unpaired) electrons. The molecule has 0 saturated carbocycles. The summed E-state index contributed by atoms with van der Waals surface area (Å²) in [5.74, 6) is 1.25. The zero-order valence-corrected chi connectivity index (χ0v) is 15.4. The van der Waals surface area contributed by atoms with Crippen LogP contribution in [0.4, 0.5) is 0 Å². The van der Waals surface area contributed by atoms with Crippen molar-refractivity contribution < 1.29 is 19.0 Å². The molecule has 1 aromatic heterocycles. The monoisotopic (exact) mass is 366 g/mol. The van der Waals surface area contributed by atoms with E-state index in [2.05, 4.69) is 10.2 Å². The summed E-state index contributed by atoms with van der Waals surface area (Å²) in [7, 11) is 1.63. The summed E-state index contributed by atoms with van der Waals surface area (Å²) in [5, 5.41) is 7.31. The highest BCUT2D eigenvalue weighted by Gasteiger charge is 2.07. The first kappa shape index (κ1) is 18.5. The van der Waals surface area contributed by atoms with Crippen LogP contribution in [0.15, 0.2) is 54.6 Å². The number of aromatic nitrogens is 2. The van der Waals surface area contributed by atoms with E-state index in [1.54, 1.807) is 26.2 Å². The number of carbonyl (C=O) groups is 1. The molecule has 1 N–H and O–H groups in total. The molecule has 0 atom stereocenters. The van der Waals surface area contributed by atoms with E-state index in [1.165, 1.54) is 0 Å². The summed E-state index contributed by atoms with van der Waals surface area (Å²) in [6.45, 7) is 2.57. The number of esters is 1. The number of hydrogen-bond donors (Lipinski definition) is 1. The van der Waals surface area contributed by atoms with Gasteiger partial charge < -0.3 is 14.2 Å². The lowest BCUT2D eigenvalue weighted by Crippen LogP contribution is -2.04. The fourth-order valence-corrected chi connectivity index (χ4v) is 2.59. The van der Waals surface area contributed by atoms with Crippen molar-refractivity contribution in [2.24, 2.45) is 0 Å². The second kappa shape index (κ2) is 8.89. The number of carbonyl (C=O) groups excluding carboxylic acids is 1. The maximum absolute atomic E-state index is 11.7. The first-order valence-corrected chi connectivity index (χ1v) is 8.74. The number of methoxy groups -OCH3 is 1. The van der Waals surface area contributed by atoms with E-state index in [9.17, 15) is 4.79 Å². The van der Waals surface area contributed by atoms with E-state index in [0.717, 1.165) is 28.5 Å². The topological polar surface area (TPSA) is 73.4 Å². The fraction of sp³-hybridized carbons (Fsp3) is 0.238. The van der Waals surface area contributed by atoms with Gasteiger partial charge in [0.1, 0.15) is 18.1 Å². The van der Waals surface area contributed by atoms with Gasteiger partial charge in [0.15, 0.2) is 0 Å². The Morgan fingerprint density at radius 2 is 1.74 bits per heavy atom. The van der Waals surface area contributed by atoms with Gasteiger partial charge in [-0.05, 0) is 55.0 Å². The molecule has 0 bridgehead atoms. The number of ether oxygens (including phenoxy) is 3. The Labute approximate surface area is 158 Å². The van der Waals surface area contributed by atoms with Gasteiger partial charge in [-0.2, -0.15) is 5.10 Å². The van der Waals surface area contributed by atoms with E-state index in [0.29, 0.717) is 25.2 Å². The van der Waals surface area contributed by atoms with Crippen LogP contribution in [-0.4, -0.2) is 29.9 Å². The maximum atomic E-state index is 11.7. The van der Waals surface area contributed by atoms with Crippen molar-refractivity contribution in [2.75, 3.05) is 13.7 Å². The van der Waals surface area contributed by atoms with Crippen LogP contribution in [0.3, 0.4) is 0 Å². The van der Waals surface area contributed by atoms with Crippen LogP contribution >= 0.6 is 0 Å². The molecule has 0 saturated heterocycles. The van der Waals surface area contributed by atoms with Crippen LogP contribution in [0.2, 0.25) is 0 Å². The van der Waals surface area contributed by atoms with Gasteiger partial charge in [-0.1, -0.05) is 12.1 Å². The van der Waals surface area contributed by atoms with Gasteiger partial charge in [0.25, 0.3) is 0 Å². The third-order valence-corrected chi connectivity index (χ3v) is 3.99. The SMILES string of the molecule is CCOC(=O)c1ccc(Cc2cc(COc3ccc(OC)cc3)[nH]n2)cc1. The molecule has 3 aromatic rings. The summed E-state index contributed by atoms with van der Waals surface area (Å²) in [6, 6.07) is 16.8. The minimum absolute atomic E-state index is 0.304. The van der Waals surface area contributed by atoms with Crippen molar-refractivity contribution in [1.82, 2.24) is 10.2 Å². The van der Waals surface area contributed by atoms with E-state index in [1.807, 2.05) is 42.5 Å². The zero-order chi connectivity index (χ0) is 19.1. The first-order valence-electron chi connectivity index (χ1n) is 8.74. The molecule has 0 aliphatic heterocycles. The van der Waals surface area contributed by atoms with Crippen LogP contribution in [0, 0.1) is 0 Å². The van der Waals surface area contributed by atoms with Crippen LogP contribution in [0.25, 0.3) is 0 Å². The summed E-state index contributed by atoms with van der Waals surface area (Å²) in [5.41, 5.74) is 3.42. The standard InChI is InChI=1S/C21H22N2O4/c1-3-26-21(24)16-6-4-15(5-7-16)12-17-13-18(23-22-17)14-27-20-10-8-19(25-2)9-11-20/h4-11,13H,3,12,14H2,1-2H3,(H,22,23). The minimum atomic E-state index is -0.304. The van der Waals surface area contributed by atoms with Crippen molar-refractivity contribution in [1.29, 1.82) is 0 Å². The second-order valence-electron chi connectivity index (χ2n) is 5.94. The summed E-state index contributed by atoms with van der Waals surface area (Å²) >= 11 is 0. The molecule has 140 valence electrons. The first-order chi connectivity index (χ1) is 13.2. The Morgan fingerprint density at radius 1 is 1.04 bits per heavy atom. The summed E-state index contributed by atoms with van der Waals surface area (Å²) in [4.78, 5) is 11.7. The van der Waals surface area contributed by atoms with Gasteiger partial charge in [-0.3, -0.25) is 5.10 Å². The van der Waals surface area contributed by atoms with Crippen LogP contribution in [-0.2, 0) is 17.8 Å². The molecule has 2 aromatic carbocycles. The van der Waals surface area contributed by atoms with Crippen molar-refractivity contribution in [3.05, 3.63) is 77.1 Å². The molecule has 0 spiro atoms. The fourth-order valence-electron chi connectivity index (χ4n) is 2.59. The number of benzene rings is 2. The number of nitrogens with one attached hydrogen (secondary N) is 1. The molecule has 1 heterocycles. The highest BCUT2D eigenvalue weighted by atomic mass is 16.5. The smallest absolute Gasteiger partial charge is 0.338 e. The minimum Gasteiger partial charge on any atom is -0.497 e. The van der Waals surface area contributed by atoms with Gasteiger partial charge in [-0.25, -0.2) is 4.79 Å². The number of aromatic amines is 1. The Bertz CT molecular complexity index is 870. The molecular weight excluding hydrogens is 344 g/mol. The third kappa shape index (κ3) is 5.10. The molecular formula is C21H22N2O4. The lowest BCUT2D eigenvalue weighted by atomic mass is 10.1. The Hall–Kier alpha value is -3.28. The predicted octanol–water partition coefficient (Wildman–Crippen LogP) is 3.76. The second-order valence-corrected chi connectivity index (χ2v) is 5.94. The highest BCUT2D eigenvalue weighted by Crippen LogP contribution is 2.18.